The molecule has 0 unspecified atom stereocenters. The lowest BCUT2D eigenvalue weighted by molar-refractivity contribution is 0.633. The van der Waals surface area contributed by atoms with Gasteiger partial charge in [-0.3, -0.25) is 0 Å². The van der Waals surface area contributed by atoms with Crippen LogP contribution in [0.25, 0.3) is 66.3 Å². The Morgan fingerprint density at radius 1 is 0.412 bits per heavy atom. The number of para-hydroxylation sites is 3. The van der Waals surface area contributed by atoms with Crippen LogP contribution >= 0.6 is 0 Å². The second-order valence-electron chi connectivity index (χ2n) is 12.9. The van der Waals surface area contributed by atoms with Gasteiger partial charge in [-0.2, -0.15) is 0 Å². The summed E-state index contributed by atoms with van der Waals surface area (Å²) in [6.07, 6.45) is 2.24. The van der Waals surface area contributed by atoms with Gasteiger partial charge in [0.2, 0.25) is 0 Å². The van der Waals surface area contributed by atoms with E-state index in [1.807, 2.05) is 6.07 Å². The molecule has 10 rings (SSSR count). The number of anilines is 3. The van der Waals surface area contributed by atoms with Gasteiger partial charge in [0, 0.05) is 44.2 Å². The maximum atomic E-state index is 6.87. The number of hydrogen-bond acceptors (Lipinski definition) is 3. The highest BCUT2D eigenvalue weighted by atomic mass is 16.4. The van der Waals surface area contributed by atoms with Gasteiger partial charge in [-0.25, -0.2) is 0 Å². The predicted molar refractivity (Wildman–Crippen MR) is 213 cm³/mol. The van der Waals surface area contributed by atoms with Crippen LogP contribution in [0.2, 0.25) is 0 Å². The van der Waals surface area contributed by atoms with Crippen LogP contribution in [0.1, 0.15) is 16.7 Å². The summed E-state index contributed by atoms with van der Waals surface area (Å²) >= 11 is 0. The van der Waals surface area contributed by atoms with Gasteiger partial charge in [-0.15, -0.1) is 0 Å². The first kappa shape index (κ1) is 29.1. The maximum Gasteiger partial charge on any atom is 0.178 e. The topological polar surface area (TPSA) is 29.5 Å². The number of nitrogens with zero attached hydrogens (tertiary/aromatic N) is 1. The van der Waals surface area contributed by atoms with Crippen molar-refractivity contribution in [2.45, 2.75) is 0 Å². The van der Waals surface area contributed by atoms with Crippen LogP contribution in [-0.2, 0) is 0 Å². The molecule has 0 aliphatic carbocycles. The Labute approximate surface area is 294 Å². The van der Waals surface area contributed by atoms with Crippen molar-refractivity contribution in [1.29, 1.82) is 0 Å². The van der Waals surface area contributed by atoms with Crippen LogP contribution < -0.4 is 4.90 Å². The molecule has 2 aromatic heterocycles. The zero-order valence-corrected chi connectivity index (χ0v) is 27.7. The lowest BCUT2D eigenvalue weighted by atomic mass is 9.94. The average Bonchev–Trinajstić information content (AvgIpc) is 3.76. The lowest BCUT2D eigenvalue weighted by Crippen LogP contribution is -2.09. The third kappa shape index (κ3) is 4.98. The van der Waals surface area contributed by atoms with Crippen molar-refractivity contribution in [3.63, 3.8) is 0 Å². The van der Waals surface area contributed by atoms with Gasteiger partial charge in [0.05, 0.1) is 0 Å². The zero-order valence-electron chi connectivity index (χ0n) is 27.7. The Hall–Kier alpha value is -6.84. The first-order valence-electron chi connectivity index (χ1n) is 17.3. The number of rotatable bonds is 6. The van der Waals surface area contributed by atoms with Gasteiger partial charge in [0.1, 0.15) is 11.2 Å². The van der Waals surface area contributed by atoms with E-state index >= 15 is 0 Å². The van der Waals surface area contributed by atoms with Crippen LogP contribution in [0.4, 0.5) is 17.1 Å². The molecule has 10 aromatic rings. The van der Waals surface area contributed by atoms with E-state index in [1.54, 1.807) is 0 Å². The largest absolute Gasteiger partial charge is 0.452 e. The van der Waals surface area contributed by atoms with Gasteiger partial charge >= 0.3 is 0 Å². The highest BCUT2D eigenvalue weighted by Gasteiger charge is 2.20. The minimum Gasteiger partial charge on any atom is -0.452 e. The zero-order chi connectivity index (χ0) is 33.7. The van der Waals surface area contributed by atoms with Gasteiger partial charge in [-0.1, -0.05) is 121 Å². The van der Waals surface area contributed by atoms with E-state index in [1.165, 1.54) is 0 Å². The average molecular weight is 654 g/mol. The van der Waals surface area contributed by atoms with Gasteiger partial charge in [0.25, 0.3) is 0 Å². The molecule has 240 valence electrons. The van der Waals surface area contributed by atoms with Crippen molar-refractivity contribution in [3.05, 3.63) is 199 Å². The van der Waals surface area contributed by atoms with E-state index in [9.17, 15) is 0 Å². The molecule has 0 atom stereocenters. The Bertz CT molecular complexity index is 2850. The summed E-state index contributed by atoms with van der Waals surface area (Å²) in [6, 6.07) is 63.8. The van der Waals surface area contributed by atoms with Crippen molar-refractivity contribution in [3.8, 4) is 0 Å². The summed E-state index contributed by atoms with van der Waals surface area (Å²) < 4.78 is 13.6. The van der Waals surface area contributed by atoms with Gasteiger partial charge < -0.3 is 13.7 Å². The molecule has 3 nitrogen and oxygen atoms in total. The summed E-state index contributed by atoms with van der Waals surface area (Å²) in [6.45, 7) is 0. The lowest BCUT2D eigenvalue weighted by Gasteiger charge is -2.25. The second-order valence-corrected chi connectivity index (χ2v) is 12.9. The van der Waals surface area contributed by atoms with Crippen molar-refractivity contribution in [2.75, 3.05) is 4.90 Å². The van der Waals surface area contributed by atoms with E-state index in [0.29, 0.717) is 0 Å². The Balaban J connectivity index is 1.15. The number of fused-ring (bicyclic) bond motifs is 8. The first-order chi connectivity index (χ1) is 25.3. The van der Waals surface area contributed by atoms with E-state index < -0.39 is 0 Å². The highest BCUT2D eigenvalue weighted by molar-refractivity contribution is 6.21. The number of hydrogen-bond donors (Lipinski definition) is 0. The fraction of sp³-hybridized carbons (Fsp3) is 0. The minimum absolute atomic E-state index is 0.766. The molecule has 0 saturated heterocycles. The van der Waals surface area contributed by atoms with Crippen LogP contribution in [0.5, 0.6) is 0 Å². The molecule has 0 spiro atoms. The SMILES string of the molecule is C(=C(\c1ccccc1)c1cccc2c1oc1c2ccc2c3cc4ccc(N(c5ccccc5)c5ccccc5)cc4cc3oc21)/c1ccccc1. The number of furan rings is 2. The molecule has 0 bridgehead atoms. The summed E-state index contributed by atoms with van der Waals surface area (Å²) in [5.41, 5.74) is 10.9. The molecule has 0 fully saturated rings. The van der Waals surface area contributed by atoms with Crippen molar-refractivity contribution in [2.24, 2.45) is 0 Å². The number of benzene rings is 8. The molecule has 2 heterocycles. The van der Waals surface area contributed by atoms with Crippen LogP contribution in [0.15, 0.2) is 191 Å². The van der Waals surface area contributed by atoms with E-state index in [0.717, 1.165) is 94.0 Å². The van der Waals surface area contributed by atoms with Crippen LogP contribution in [0, 0.1) is 0 Å². The molecule has 0 radical (unpaired) electrons. The van der Waals surface area contributed by atoms with Crippen LogP contribution in [-0.4, -0.2) is 0 Å². The maximum absolute atomic E-state index is 6.87. The molecule has 0 aliphatic rings. The standard InChI is InChI=1S/C48H31NO2/c1-5-14-32(15-6-1)28-43(33-16-7-2-8-17-33)40-23-13-22-39-41-26-27-42-44-30-34-24-25-38(29-35(34)31-45(44)50-47(42)48(41)51-46(39)40)49(36-18-9-3-10-19-36)37-20-11-4-12-21-37/h1-31H/b43-28-. The summed E-state index contributed by atoms with van der Waals surface area (Å²) in [4.78, 5) is 2.29. The second kappa shape index (κ2) is 11.9. The highest BCUT2D eigenvalue weighted by Crippen LogP contribution is 2.43. The molecule has 3 heteroatoms. The van der Waals surface area contributed by atoms with Crippen molar-refractivity contribution >= 4 is 83.4 Å². The quantitative estimate of drug-likeness (QED) is 0.167. The Kier molecular flexibility index (Phi) is 6.81. The summed E-state index contributed by atoms with van der Waals surface area (Å²) in [5.74, 6) is 0. The molecule has 51 heavy (non-hydrogen) atoms. The van der Waals surface area contributed by atoms with E-state index in [-0.39, 0.29) is 0 Å². The van der Waals surface area contributed by atoms with Crippen molar-refractivity contribution in [1.82, 2.24) is 0 Å². The van der Waals surface area contributed by atoms with E-state index in [2.05, 4.69) is 187 Å². The molecule has 8 aromatic carbocycles. The normalized spacial score (nSPS) is 12.0. The van der Waals surface area contributed by atoms with Gasteiger partial charge in [0.15, 0.2) is 11.2 Å². The predicted octanol–water partition coefficient (Wildman–Crippen LogP) is 13.7. The van der Waals surface area contributed by atoms with E-state index in [4.69, 9.17) is 8.83 Å². The third-order valence-electron chi connectivity index (χ3n) is 9.82. The molecule has 0 aliphatic heterocycles. The Morgan fingerprint density at radius 3 is 1.73 bits per heavy atom. The molecular weight excluding hydrogens is 623 g/mol. The summed E-state index contributed by atoms with van der Waals surface area (Å²) in [5, 5.41) is 6.49. The fourth-order valence-electron chi connectivity index (χ4n) is 7.42. The Morgan fingerprint density at radius 2 is 1.02 bits per heavy atom. The monoisotopic (exact) mass is 653 g/mol. The van der Waals surface area contributed by atoms with Crippen molar-refractivity contribution < 1.29 is 8.83 Å². The van der Waals surface area contributed by atoms with Gasteiger partial charge in [-0.05, 0) is 94.2 Å². The molecular formula is C48H31NO2. The molecule has 0 saturated carbocycles. The molecule has 0 amide bonds. The fourth-order valence-corrected chi connectivity index (χ4v) is 7.42. The smallest absolute Gasteiger partial charge is 0.178 e. The first-order valence-corrected chi connectivity index (χ1v) is 17.3. The third-order valence-corrected chi connectivity index (χ3v) is 9.82. The minimum atomic E-state index is 0.766. The summed E-state index contributed by atoms with van der Waals surface area (Å²) in [7, 11) is 0. The van der Waals surface area contributed by atoms with Crippen LogP contribution in [0.3, 0.4) is 0 Å². The molecule has 0 N–H and O–H groups in total.